The van der Waals surface area contributed by atoms with E-state index in [0.29, 0.717) is 32.8 Å². The molecule has 19 heavy (non-hydrogen) atoms. The normalized spacial score (nSPS) is 11.2. The maximum absolute atomic E-state index is 5.89. The molecule has 1 heterocycles. The zero-order valence-corrected chi connectivity index (χ0v) is 11.9. The van der Waals surface area contributed by atoms with E-state index < -0.39 is 0 Å². The Morgan fingerprint density at radius 2 is 1.47 bits per heavy atom. The minimum Gasteiger partial charge on any atom is -0.368 e. The van der Waals surface area contributed by atoms with E-state index in [-0.39, 0.29) is 5.95 Å². The van der Waals surface area contributed by atoms with Crippen LogP contribution < -0.4 is 5.73 Å². The first-order valence-electron chi connectivity index (χ1n) is 5.44. The maximum Gasteiger partial charge on any atom is 0.220 e. The molecule has 0 saturated heterocycles. The molecule has 98 valence electrons. The van der Waals surface area contributed by atoms with E-state index in [9.17, 15) is 0 Å². The molecule has 0 unspecified atom stereocenters. The average molecular weight is 296 g/mol. The highest BCUT2D eigenvalue weighted by molar-refractivity contribution is 6.35. The van der Waals surface area contributed by atoms with Crippen LogP contribution in [-0.2, 0) is 0 Å². The van der Waals surface area contributed by atoms with Gasteiger partial charge in [-0.05, 0) is 32.0 Å². The fourth-order valence-corrected chi connectivity index (χ4v) is 2.10. The number of azo groups is 1. The average Bonchev–Trinajstić information content (AvgIpc) is 2.25. The minimum atomic E-state index is 0.222. The lowest BCUT2D eigenvalue weighted by Crippen LogP contribution is -1.98. The molecule has 1 aromatic heterocycles. The number of anilines is 1. The number of halogens is 2. The first-order valence-corrected chi connectivity index (χ1v) is 6.20. The molecule has 2 rings (SSSR count). The third-order valence-electron chi connectivity index (χ3n) is 2.36. The molecule has 0 aliphatic rings. The predicted molar refractivity (Wildman–Crippen MR) is 76.6 cm³/mol. The van der Waals surface area contributed by atoms with Gasteiger partial charge < -0.3 is 5.73 Å². The Morgan fingerprint density at radius 3 is 2.00 bits per heavy atom. The van der Waals surface area contributed by atoms with Gasteiger partial charge in [-0.15, -0.1) is 5.11 Å². The number of hydrogen-bond donors (Lipinski definition) is 1. The molecule has 1 aromatic carbocycles. The van der Waals surface area contributed by atoms with Crippen LogP contribution in [0.1, 0.15) is 11.4 Å². The third kappa shape index (κ3) is 3.39. The number of nitrogens with two attached hydrogens (primary N) is 1. The van der Waals surface area contributed by atoms with E-state index in [1.807, 2.05) is 0 Å². The van der Waals surface area contributed by atoms with Crippen molar-refractivity contribution >= 4 is 40.5 Å². The molecular formula is C12H11Cl2N5. The Kier molecular flexibility index (Phi) is 3.97. The molecule has 0 aliphatic heterocycles. The molecule has 0 spiro atoms. The zero-order chi connectivity index (χ0) is 14.0. The standard InChI is InChI=1S/C12H11Cl2N5/c1-6-11(7(2)17-12(15)16-6)19-18-10-4-8(13)3-9(14)5-10/h3-5H,1-2H3,(H2,15,16,17). The van der Waals surface area contributed by atoms with Crippen LogP contribution in [0, 0.1) is 13.8 Å². The summed E-state index contributed by atoms with van der Waals surface area (Å²) in [7, 11) is 0. The molecule has 7 heteroatoms. The molecule has 0 fully saturated rings. The Hall–Kier alpha value is -1.72. The SMILES string of the molecule is Cc1nc(N)nc(C)c1N=Nc1cc(Cl)cc(Cl)c1. The number of aromatic nitrogens is 2. The van der Waals surface area contributed by atoms with Crippen LogP contribution in [0.5, 0.6) is 0 Å². The van der Waals surface area contributed by atoms with Gasteiger partial charge in [-0.3, -0.25) is 0 Å². The molecular weight excluding hydrogens is 285 g/mol. The molecule has 2 aromatic rings. The Labute approximate surface area is 120 Å². The molecule has 5 nitrogen and oxygen atoms in total. The highest BCUT2D eigenvalue weighted by Gasteiger charge is 2.06. The van der Waals surface area contributed by atoms with Gasteiger partial charge in [0.1, 0.15) is 5.69 Å². The van der Waals surface area contributed by atoms with Crippen molar-refractivity contribution in [2.75, 3.05) is 5.73 Å². The van der Waals surface area contributed by atoms with E-state index in [4.69, 9.17) is 28.9 Å². The van der Waals surface area contributed by atoms with Crippen LogP contribution in [0.4, 0.5) is 17.3 Å². The van der Waals surface area contributed by atoms with Crippen LogP contribution >= 0.6 is 23.2 Å². The molecule has 0 atom stereocenters. The summed E-state index contributed by atoms with van der Waals surface area (Å²) in [6.07, 6.45) is 0. The van der Waals surface area contributed by atoms with Crippen molar-refractivity contribution in [3.8, 4) is 0 Å². The van der Waals surface area contributed by atoms with Gasteiger partial charge in [0, 0.05) is 10.0 Å². The fourth-order valence-electron chi connectivity index (χ4n) is 1.59. The monoisotopic (exact) mass is 295 g/mol. The Morgan fingerprint density at radius 1 is 0.947 bits per heavy atom. The molecule has 0 aliphatic carbocycles. The maximum atomic E-state index is 5.89. The van der Waals surface area contributed by atoms with E-state index in [0.717, 1.165) is 0 Å². The van der Waals surface area contributed by atoms with Crippen molar-refractivity contribution in [3.05, 3.63) is 39.6 Å². The summed E-state index contributed by atoms with van der Waals surface area (Å²) in [4.78, 5) is 8.09. The van der Waals surface area contributed by atoms with Gasteiger partial charge in [-0.1, -0.05) is 23.2 Å². The van der Waals surface area contributed by atoms with Crippen LogP contribution in [0.3, 0.4) is 0 Å². The molecule has 0 saturated carbocycles. The summed E-state index contributed by atoms with van der Waals surface area (Å²) in [6, 6.07) is 4.96. The van der Waals surface area contributed by atoms with Crippen LogP contribution in [0.15, 0.2) is 28.4 Å². The first kappa shape index (κ1) is 13.7. The summed E-state index contributed by atoms with van der Waals surface area (Å²) < 4.78 is 0. The van der Waals surface area contributed by atoms with Crippen molar-refractivity contribution in [2.24, 2.45) is 10.2 Å². The van der Waals surface area contributed by atoms with Gasteiger partial charge in [0.05, 0.1) is 17.1 Å². The lowest BCUT2D eigenvalue weighted by molar-refractivity contribution is 1.04. The number of hydrogen-bond acceptors (Lipinski definition) is 5. The zero-order valence-electron chi connectivity index (χ0n) is 10.4. The van der Waals surface area contributed by atoms with Crippen LogP contribution in [0.2, 0.25) is 10.0 Å². The third-order valence-corrected chi connectivity index (χ3v) is 2.80. The van der Waals surface area contributed by atoms with E-state index >= 15 is 0 Å². The molecule has 2 N–H and O–H groups in total. The smallest absolute Gasteiger partial charge is 0.220 e. The van der Waals surface area contributed by atoms with E-state index in [1.165, 1.54) is 0 Å². The fraction of sp³-hybridized carbons (Fsp3) is 0.167. The van der Waals surface area contributed by atoms with Crippen molar-refractivity contribution in [1.82, 2.24) is 9.97 Å². The van der Waals surface area contributed by atoms with Gasteiger partial charge in [0.15, 0.2) is 0 Å². The summed E-state index contributed by atoms with van der Waals surface area (Å²) in [5.41, 5.74) is 8.03. The van der Waals surface area contributed by atoms with Gasteiger partial charge >= 0.3 is 0 Å². The largest absolute Gasteiger partial charge is 0.368 e. The Bertz CT molecular complexity index is 611. The molecule has 0 bridgehead atoms. The number of rotatable bonds is 2. The molecule has 0 amide bonds. The highest BCUT2D eigenvalue weighted by Crippen LogP contribution is 2.28. The highest BCUT2D eigenvalue weighted by atomic mass is 35.5. The summed E-state index contributed by atoms with van der Waals surface area (Å²) in [5, 5.41) is 9.22. The van der Waals surface area contributed by atoms with E-state index in [2.05, 4.69) is 20.2 Å². The lowest BCUT2D eigenvalue weighted by atomic mass is 10.3. The Balaban J connectivity index is 2.38. The number of nitrogen functional groups attached to an aromatic ring is 1. The quantitative estimate of drug-likeness (QED) is 0.834. The summed E-state index contributed by atoms with van der Waals surface area (Å²) >= 11 is 11.8. The second kappa shape index (κ2) is 5.50. The van der Waals surface area contributed by atoms with Crippen molar-refractivity contribution in [3.63, 3.8) is 0 Å². The minimum absolute atomic E-state index is 0.222. The first-order chi connectivity index (χ1) is 8.95. The van der Waals surface area contributed by atoms with Gasteiger partial charge in [0.2, 0.25) is 5.95 Å². The van der Waals surface area contributed by atoms with Crippen LogP contribution in [-0.4, -0.2) is 9.97 Å². The summed E-state index contributed by atoms with van der Waals surface area (Å²) in [6.45, 7) is 3.59. The summed E-state index contributed by atoms with van der Waals surface area (Å²) in [5.74, 6) is 0.222. The van der Waals surface area contributed by atoms with Gasteiger partial charge in [-0.25, -0.2) is 9.97 Å². The molecule has 0 radical (unpaired) electrons. The van der Waals surface area contributed by atoms with E-state index in [1.54, 1.807) is 32.0 Å². The number of benzene rings is 1. The number of aryl methyl sites for hydroxylation is 2. The number of nitrogens with zero attached hydrogens (tertiary/aromatic N) is 4. The predicted octanol–water partition coefficient (Wildman–Crippen LogP) is 4.40. The van der Waals surface area contributed by atoms with Crippen molar-refractivity contribution < 1.29 is 0 Å². The second-order valence-electron chi connectivity index (χ2n) is 3.93. The topological polar surface area (TPSA) is 76.5 Å². The van der Waals surface area contributed by atoms with Crippen molar-refractivity contribution in [2.45, 2.75) is 13.8 Å². The lowest BCUT2D eigenvalue weighted by Gasteiger charge is -2.03. The van der Waals surface area contributed by atoms with Crippen LogP contribution in [0.25, 0.3) is 0 Å². The van der Waals surface area contributed by atoms with Gasteiger partial charge in [0.25, 0.3) is 0 Å². The second-order valence-corrected chi connectivity index (χ2v) is 4.80. The van der Waals surface area contributed by atoms with Crippen molar-refractivity contribution in [1.29, 1.82) is 0 Å². The van der Waals surface area contributed by atoms with Gasteiger partial charge in [-0.2, -0.15) is 5.11 Å².